The fourth-order valence-electron chi connectivity index (χ4n) is 1.23. The summed E-state index contributed by atoms with van der Waals surface area (Å²) < 4.78 is 0. The maximum atomic E-state index is 11.3. The molecule has 0 unspecified atom stereocenters. The molecule has 0 heterocycles. The van der Waals surface area contributed by atoms with Crippen LogP contribution in [0.4, 0.5) is 0 Å². The average Bonchev–Trinajstić information content (AvgIpc) is 1.96. The third-order valence-corrected chi connectivity index (χ3v) is 1.84. The second-order valence-corrected chi connectivity index (χ2v) is 4.26. The Balaban J connectivity index is 3.95. The van der Waals surface area contributed by atoms with Gasteiger partial charge in [-0.05, 0) is 11.8 Å². The molecule has 0 aliphatic heterocycles. The lowest BCUT2D eigenvalue weighted by molar-refractivity contribution is -0.139. The second-order valence-electron chi connectivity index (χ2n) is 4.26. The third-order valence-electron chi connectivity index (χ3n) is 1.84. The summed E-state index contributed by atoms with van der Waals surface area (Å²) in [7, 11) is 0. The first-order valence-electron chi connectivity index (χ1n) is 4.86. The standard InChI is InChI=1S/C10H19NO3/c1-4-5-11-8(12)6-10(2,3)7-9(13)14/h4-7H2,1-3H3,(H,11,12)(H,13,14). The van der Waals surface area contributed by atoms with Gasteiger partial charge in [0, 0.05) is 13.0 Å². The highest BCUT2D eigenvalue weighted by Crippen LogP contribution is 2.24. The zero-order chi connectivity index (χ0) is 11.2. The number of carbonyl (C=O) groups is 2. The van der Waals surface area contributed by atoms with Gasteiger partial charge in [-0.25, -0.2) is 0 Å². The Morgan fingerprint density at radius 2 is 1.86 bits per heavy atom. The molecule has 0 atom stereocenters. The van der Waals surface area contributed by atoms with Crippen molar-refractivity contribution < 1.29 is 14.7 Å². The molecule has 0 saturated carbocycles. The Hall–Kier alpha value is -1.06. The van der Waals surface area contributed by atoms with Crippen LogP contribution in [-0.2, 0) is 9.59 Å². The Bertz CT molecular complexity index is 211. The van der Waals surface area contributed by atoms with E-state index in [1.807, 2.05) is 6.92 Å². The first-order chi connectivity index (χ1) is 6.37. The van der Waals surface area contributed by atoms with Crippen molar-refractivity contribution >= 4 is 11.9 Å². The Morgan fingerprint density at radius 1 is 1.29 bits per heavy atom. The Labute approximate surface area is 84.7 Å². The first-order valence-corrected chi connectivity index (χ1v) is 4.86. The number of hydrogen-bond donors (Lipinski definition) is 2. The number of aliphatic carboxylic acids is 1. The summed E-state index contributed by atoms with van der Waals surface area (Å²) in [5.41, 5.74) is -0.469. The van der Waals surface area contributed by atoms with E-state index in [9.17, 15) is 9.59 Å². The van der Waals surface area contributed by atoms with E-state index in [0.29, 0.717) is 6.54 Å². The lowest BCUT2D eigenvalue weighted by Crippen LogP contribution is -2.30. The van der Waals surface area contributed by atoms with Crippen molar-refractivity contribution in [1.29, 1.82) is 0 Å². The molecular formula is C10H19NO3. The molecule has 4 heteroatoms. The predicted octanol–water partition coefficient (Wildman–Crippen LogP) is 1.40. The highest BCUT2D eigenvalue weighted by atomic mass is 16.4. The van der Waals surface area contributed by atoms with Crippen molar-refractivity contribution in [2.45, 2.75) is 40.0 Å². The fraction of sp³-hybridized carbons (Fsp3) is 0.800. The van der Waals surface area contributed by atoms with Gasteiger partial charge in [-0.15, -0.1) is 0 Å². The summed E-state index contributed by atoms with van der Waals surface area (Å²) in [5, 5.41) is 11.3. The quantitative estimate of drug-likeness (QED) is 0.682. The molecule has 14 heavy (non-hydrogen) atoms. The number of hydrogen-bond acceptors (Lipinski definition) is 2. The molecule has 82 valence electrons. The molecule has 0 saturated heterocycles. The highest BCUT2D eigenvalue weighted by Gasteiger charge is 2.24. The van der Waals surface area contributed by atoms with E-state index in [4.69, 9.17) is 5.11 Å². The molecule has 0 spiro atoms. The molecule has 0 bridgehead atoms. The van der Waals surface area contributed by atoms with Crippen molar-refractivity contribution in [3.8, 4) is 0 Å². The fourth-order valence-corrected chi connectivity index (χ4v) is 1.23. The summed E-state index contributed by atoms with van der Waals surface area (Å²) in [4.78, 5) is 21.8. The molecule has 4 nitrogen and oxygen atoms in total. The van der Waals surface area contributed by atoms with Crippen molar-refractivity contribution in [2.24, 2.45) is 5.41 Å². The maximum Gasteiger partial charge on any atom is 0.303 e. The first kappa shape index (κ1) is 12.9. The molecule has 0 radical (unpaired) electrons. The number of carboxylic acids is 1. The van der Waals surface area contributed by atoms with Gasteiger partial charge in [0.25, 0.3) is 0 Å². The second kappa shape index (κ2) is 5.62. The van der Waals surface area contributed by atoms with Gasteiger partial charge in [0.2, 0.25) is 5.91 Å². The molecule has 2 N–H and O–H groups in total. The zero-order valence-electron chi connectivity index (χ0n) is 9.09. The van der Waals surface area contributed by atoms with E-state index in [-0.39, 0.29) is 18.7 Å². The minimum Gasteiger partial charge on any atom is -0.481 e. The van der Waals surface area contributed by atoms with Gasteiger partial charge in [0.1, 0.15) is 0 Å². The molecule has 0 aromatic heterocycles. The molecule has 0 aromatic carbocycles. The molecule has 0 aliphatic rings. The van der Waals surface area contributed by atoms with E-state index in [1.54, 1.807) is 13.8 Å². The van der Waals surface area contributed by atoms with E-state index in [2.05, 4.69) is 5.32 Å². The summed E-state index contributed by atoms with van der Waals surface area (Å²) in [5.74, 6) is -0.934. The van der Waals surface area contributed by atoms with E-state index in [0.717, 1.165) is 6.42 Å². The third kappa shape index (κ3) is 6.46. The van der Waals surface area contributed by atoms with Gasteiger partial charge >= 0.3 is 5.97 Å². The van der Waals surface area contributed by atoms with Gasteiger partial charge in [-0.1, -0.05) is 20.8 Å². The van der Waals surface area contributed by atoms with Gasteiger partial charge in [0.15, 0.2) is 0 Å². The molecule has 0 aromatic rings. The minimum atomic E-state index is -0.863. The monoisotopic (exact) mass is 201 g/mol. The number of carbonyl (C=O) groups excluding carboxylic acids is 1. The van der Waals surface area contributed by atoms with Crippen LogP contribution in [0, 0.1) is 5.41 Å². The maximum absolute atomic E-state index is 11.3. The lowest BCUT2D eigenvalue weighted by Gasteiger charge is -2.21. The summed E-state index contributed by atoms with van der Waals surface area (Å²) in [6.45, 7) is 6.20. The van der Waals surface area contributed by atoms with Gasteiger partial charge < -0.3 is 10.4 Å². The molecule has 1 amide bonds. The largest absolute Gasteiger partial charge is 0.481 e. The Kier molecular flexibility index (Phi) is 5.20. The summed E-state index contributed by atoms with van der Waals surface area (Å²) >= 11 is 0. The number of rotatable bonds is 6. The predicted molar refractivity (Wildman–Crippen MR) is 54.0 cm³/mol. The van der Waals surface area contributed by atoms with Gasteiger partial charge in [-0.3, -0.25) is 9.59 Å². The SMILES string of the molecule is CCCNC(=O)CC(C)(C)CC(=O)O. The molecule has 0 fully saturated rings. The van der Waals surface area contributed by atoms with E-state index < -0.39 is 11.4 Å². The summed E-state index contributed by atoms with van der Waals surface area (Å²) in [6.07, 6.45) is 1.18. The van der Waals surface area contributed by atoms with Gasteiger partial charge in [0.05, 0.1) is 6.42 Å². The van der Waals surface area contributed by atoms with Crippen molar-refractivity contribution in [3.05, 3.63) is 0 Å². The van der Waals surface area contributed by atoms with Crippen molar-refractivity contribution in [3.63, 3.8) is 0 Å². The van der Waals surface area contributed by atoms with E-state index in [1.165, 1.54) is 0 Å². The number of carboxylic acid groups (broad SMARTS) is 1. The normalized spacial score (nSPS) is 11.1. The van der Waals surface area contributed by atoms with Crippen molar-refractivity contribution in [2.75, 3.05) is 6.54 Å². The van der Waals surface area contributed by atoms with Crippen LogP contribution < -0.4 is 5.32 Å². The zero-order valence-corrected chi connectivity index (χ0v) is 9.09. The molecular weight excluding hydrogens is 182 g/mol. The van der Waals surface area contributed by atoms with E-state index >= 15 is 0 Å². The van der Waals surface area contributed by atoms with Gasteiger partial charge in [-0.2, -0.15) is 0 Å². The average molecular weight is 201 g/mol. The molecule has 0 aliphatic carbocycles. The summed E-state index contributed by atoms with van der Waals surface area (Å²) in [6, 6.07) is 0. The van der Waals surface area contributed by atoms with Crippen LogP contribution in [0.5, 0.6) is 0 Å². The number of amides is 1. The minimum absolute atomic E-state index is 0.0204. The smallest absolute Gasteiger partial charge is 0.303 e. The van der Waals surface area contributed by atoms with Crippen LogP contribution in [0.1, 0.15) is 40.0 Å². The highest BCUT2D eigenvalue weighted by molar-refractivity contribution is 5.77. The topological polar surface area (TPSA) is 66.4 Å². The van der Waals surface area contributed by atoms with Crippen molar-refractivity contribution in [1.82, 2.24) is 5.32 Å². The van der Waals surface area contributed by atoms with Crippen LogP contribution in [0.3, 0.4) is 0 Å². The van der Waals surface area contributed by atoms with Crippen LogP contribution in [0.25, 0.3) is 0 Å². The van der Waals surface area contributed by atoms with Crippen LogP contribution in [0.2, 0.25) is 0 Å². The lowest BCUT2D eigenvalue weighted by atomic mass is 9.85. The van der Waals surface area contributed by atoms with Crippen LogP contribution >= 0.6 is 0 Å². The van der Waals surface area contributed by atoms with Crippen LogP contribution in [-0.4, -0.2) is 23.5 Å². The number of nitrogens with one attached hydrogen (secondary N) is 1. The molecule has 0 rings (SSSR count). The Morgan fingerprint density at radius 3 is 2.29 bits per heavy atom. The van der Waals surface area contributed by atoms with Crippen LogP contribution in [0.15, 0.2) is 0 Å².